The van der Waals surface area contributed by atoms with Crippen LogP contribution in [-0.2, 0) is 16.0 Å². The Morgan fingerprint density at radius 1 is 1.36 bits per heavy atom. The summed E-state index contributed by atoms with van der Waals surface area (Å²) in [6.07, 6.45) is 9.74. The second-order valence-electron chi connectivity index (χ2n) is 7.53. The molecule has 4 nitrogen and oxygen atoms in total. The first-order valence-corrected chi connectivity index (χ1v) is 8.92. The van der Waals surface area contributed by atoms with Crippen molar-refractivity contribution >= 4 is 11.5 Å². The topological polar surface area (TPSA) is 42.4 Å². The average molecular weight is 338 g/mol. The largest absolute Gasteiger partial charge is 0.378 e. The zero-order valence-corrected chi connectivity index (χ0v) is 15.6. The summed E-state index contributed by atoms with van der Waals surface area (Å²) in [5, 5.41) is 0. The van der Waals surface area contributed by atoms with E-state index in [4.69, 9.17) is 11.2 Å². The minimum Gasteiger partial charge on any atom is -0.378 e. The summed E-state index contributed by atoms with van der Waals surface area (Å²) in [6, 6.07) is 2.11. The fourth-order valence-corrected chi connectivity index (χ4v) is 3.59. The van der Waals surface area contributed by atoms with E-state index in [0.717, 1.165) is 48.4 Å². The molecule has 1 saturated heterocycles. The molecule has 0 amide bonds. The van der Waals surface area contributed by atoms with E-state index in [1.54, 1.807) is 7.11 Å². The van der Waals surface area contributed by atoms with Crippen molar-refractivity contribution in [1.82, 2.24) is 9.88 Å². The molecule has 25 heavy (non-hydrogen) atoms. The van der Waals surface area contributed by atoms with Crippen molar-refractivity contribution in [2.45, 2.75) is 51.6 Å². The summed E-state index contributed by atoms with van der Waals surface area (Å²) in [4.78, 5) is 19.4. The van der Waals surface area contributed by atoms with Crippen LogP contribution in [0.5, 0.6) is 0 Å². The minimum atomic E-state index is -0.101. The second kappa shape index (κ2) is 6.65. The molecular weight excluding hydrogens is 312 g/mol. The van der Waals surface area contributed by atoms with Gasteiger partial charge >= 0.3 is 0 Å². The van der Waals surface area contributed by atoms with E-state index in [0.29, 0.717) is 17.9 Å². The molecule has 0 saturated carbocycles. The Morgan fingerprint density at radius 2 is 2.04 bits per heavy atom. The second-order valence-corrected chi connectivity index (χ2v) is 7.53. The number of Topliss-reactive ketones (excluding diaryl/α,β-unsaturated/α-hetero) is 1. The number of nitrogens with zero attached hydrogens (tertiary/aromatic N) is 2. The highest BCUT2D eigenvalue weighted by atomic mass is 16.5. The number of fused-ring (bicyclic) bond motifs is 1. The number of ether oxygens (including phenoxy) is 1. The summed E-state index contributed by atoms with van der Waals surface area (Å²) in [5.41, 5.74) is 4.40. The van der Waals surface area contributed by atoms with Crippen molar-refractivity contribution in [2.24, 2.45) is 0 Å². The molecule has 0 bridgehead atoms. The number of aromatic nitrogens is 1. The molecule has 1 aromatic heterocycles. The summed E-state index contributed by atoms with van der Waals surface area (Å²) in [6.45, 7) is 8.05. The third-order valence-corrected chi connectivity index (χ3v) is 5.50. The van der Waals surface area contributed by atoms with Crippen molar-refractivity contribution < 1.29 is 9.53 Å². The van der Waals surface area contributed by atoms with Crippen LogP contribution >= 0.6 is 0 Å². The molecule has 132 valence electrons. The molecule has 2 heterocycles. The lowest BCUT2D eigenvalue weighted by molar-refractivity contribution is -0.114. The van der Waals surface area contributed by atoms with E-state index in [2.05, 4.69) is 42.6 Å². The molecule has 1 aliphatic heterocycles. The fraction of sp³-hybridized carbons (Fsp3) is 0.524. The van der Waals surface area contributed by atoms with Gasteiger partial charge in [-0.3, -0.25) is 9.78 Å². The van der Waals surface area contributed by atoms with Crippen LogP contribution in [0.4, 0.5) is 0 Å². The number of allylic oxidation sites excluding steroid dienone is 1. The first-order chi connectivity index (χ1) is 11.9. The van der Waals surface area contributed by atoms with Gasteiger partial charge in [0.05, 0.1) is 16.9 Å². The number of methoxy groups -OCH3 is 1. The van der Waals surface area contributed by atoms with Gasteiger partial charge in [0.25, 0.3) is 0 Å². The maximum atomic E-state index is 12.6. The lowest BCUT2D eigenvalue weighted by Gasteiger charge is -2.41. The number of ketones is 1. The number of hydrogen-bond acceptors (Lipinski definition) is 4. The molecular formula is C21H26N2O2. The SMILES string of the molecule is C#CC1=C(N2CCC(C)(OC)CC2)c2cc(C(C)C)ncc2CC1=O. The number of carbonyl (C=O) groups is 1. The molecule has 0 radical (unpaired) electrons. The van der Waals surface area contributed by atoms with Crippen LogP contribution in [0.15, 0.2) is 17.8 Å². The third kappa shape index (κ3) is 3.21. The highest BCUT2D eigenvalue weighted by Gasteiger charge is 2.35. The van der Waals surface area contributed by atoms with Crippen LogP contribution in [0.2, 0.25) is 0 Å². The average Bonchev–Trinajstić information content (AvgIpc) is 2.61. The Kier molecular flexibility index (Phi) is 4.71. The Balaban J connectivity index is 2.05. The standard InChI is InChI=1S/C21H26N2O2/c1-6-16-19(24)11-15-13-22-18(14(2)3)12-17(15)20(16)23-9-7-21(4,25-5)8-10-23/h1,12-14H,7-11H2,2-5H3. The Labute approximate surface area is 150 Å². The van der Waals surface area contributed by atoms with Crippen LogP contribution < -0.4 is 0 Å². The van der Waals surface area contributed by atoms with Crippen LogP contribution in [0, 0.1) is 12.3 Å². The predicted octanol–water partition coefficient (Wildman–Crippen LogP) is 3.18. The predicted molar refractivity (Wildman–Crippen MR) is 99.0 cm³/mol. The first kappa shape index (κ1) is 17.7. The van der Waals surface area contributed by atoms with E-state index in [9.17, 15) is 4.79 Å². The van der Waals surface area contributed by atoms with Crippen molar-refractivity contribution in [3.05, 3.63) is 34.7 Å². The number of terminal acetylenes is 1. The summed E-state index contributed by atoms with van der Waals surface area (Å²) in [7, 11) is 1.77. The van der Waals surface area contributed by atoms with Gasteiger partial charge in [-0.15, -0.1) is 6.42 Å². The van der Waals surface area contributed by atoms with Gasteiger partial charge < -0.3 is 9.64 Å². The Morgan fingerprint density at radius 3 is 2.60 bits per heavy atom. The van der Waals surface area contributed by atoms with Crippen LogP contribution in [0.1, 0.15) is 56.4 Å². The lowest BCUT2D eigenvalue weighted by atomic mass is 9.85. The highest BCUT2D eigenvalue weighted by molar-refractivity contribution is 6.10. The first-order valence-electron chi connectivity index (χ1n) is 8.92. The van der Waals surface area contributed by atoms with Crippen LogP contribution in [0.3, 0.4) is 0 Å². The van der Waals surface area contributed by atoms with Crippen molar-refractivity contribution in [3.63, 3.8) is 0 Å². The van der Waals surface area contributed by atoms with Gasteiger partial charge in [-0.05, 0) is 37.3 Å². The molecule has 4 heteroatoms. The number of hydrogen-bond donors (Lipinski definition) is 0. The highest BCUT2D eigenvalue weighted by Crippen LogP contribution is 2.36. The number of pyridine rings is 1. The molecule has 0 unspecified atom stereocenters. The molecule has 3 rings (SSSR count). The van der Waals surface area contributed by atoms with E-state index in [-0.39, 0.29) is 11.4 Å². The van der Waals surface area contributed by atoms with Crippen molar-refractivity contribution in [1.29, 1.82) is 0 Å². The molecule has 1 aliphatic carbocycles. The maximum Gasteiger partial charge on any atom is 0.177 e. The zero-order valence-electron chi connectivity index (χ0n) is 15.6. The summed E-state index contributed by atoms with van der Waals surface area (Å²) in [5.74, 6) is 3.01. The van der Waals surface area contributed by atoms with Crippen LogP contribution in [0.25, 0.3) is 5.70 Å². The lowest BCUT2D eigenvalue weighted by Crippen LogP contribution is -2.43. The fourth-order valence-electron chi connectivity index (χ4n) is 3.59. The normalized spacial score (nSPS) is 19.8. The molecule has 0 atom stereocenters. The van der Waals surface area contributed by atoms with Crippen molar-refractivity contribution in [2.75, 3.05) is 20.2 Å². The van der Waals surface area contributed by atoms with E-state index in [1.165, 1.54) is 0 Å². The minimum absolute atomic E-state index is 0.0178. The summed E-state index contributed by atoms with van der Waals surface area (Å²) >= 11 is 0. The molecule has 1 fully saturated rings. The summed E-state index contributed by atoms with van der Waals surface area (Å²) < 4.78 is 5.65. The van der Waals surface area contributed by atoms with E-state index < -0.39 is 0 Å². The number of likely N-dealkylation sites (tertiary alicyclic amines) is 1. The van der Waals surface area contributed by atoms with Gasteiger partial charge in [-0.1, -0.05) is 19.8 Å². The van der Waals surface area contributed by atoms with E-state index >= 15 is 0 Å². The van der Waals surface area contributed by atoms with Crippen LogP contribution in [-0.4, -0.2) is 41.5 Å². The Hall–Kier alpha value is -2.12. The van der Waals surface area contributed by atoms with Gasteiger partial charge in [0.1, 0.15) is 0 Å². The quantitative estimate of drug-likeness (QED) is 0.794. The molecule has 0 spiro atoms. The Bertz CT molecular complexity index is 763. The van der Waals surface area contributed by atoms with E-state index in [1.807, 2.05) is 6.20 Å². The maximum absolute atomic E-state index is 12.6. The monoisotopic (exact) mass is 338 g/mol. The van der Waals surface area contributed by atoms with Gasteiger partial charge in [0.15, 0.2) is 5.78 Å². The van der Waals surface area contributed by atoms with Gasteiger partial charge in [-0.25, -0.2) is 0 Å². The molecule has 0 aromatic carbocycles. The zero-order chi connectivity index (χ0) is 18.2. The van der Waals surface area contributed by atoms with Gasteiger partial charge in [0, 0.05) is 44.1 Å². The number of carbonyl (C=O) groups excluding carboxylic acids is 1. The van der Waals surface area contributed by atoms with Gasteiger partial charge in [0.2, 0.25) is 0 Å². The number of piperidine rings is 1. The smallest absolute Gasteiger partial charge is 0.177 e. The number of rotatable bonds is 3. The molecule has 0 N–H and O–H groups in total. The molecule has 2 aliphatic rings. The third-order valence-electron chi connectivity index (χ3n) is 5.50. The van der Waals surface area contributed by atoms with Crippen molar-refractivity contribution in [3.8, 4) is 12.3 Å². The van der Waals surface area contributed by atoms with Gasteiger partial charge in [-0.2, -0.15) is 0 Å². The molecule has 1 aromatic rings.